The lowest BCUT2D eigenvalue weighted by Crippen LogP contribution is -2.24. The number of hydrazone groups is 1. The van der Waals surface area contributed by atoms with Crippen molar-refractivity contribution in [3.63, 3.8) is 0 Å². The van der Waals surface area contributed by atoms with Crippen molar-refractivity contribution in [1.82, 2.24) is 5.43 Å². The van der Waals surface area contributed by atoms with Crippen molar-refractivity contribution >= 4 is 57.3 Å². The highest BCUT2D eigenvalue weighted by atomic mass is 79.9. The lowest BCUT2D eigenvalue weighted by atomic mass is 10.2. The first kappa shape index (κ1) is 27.8. The molecule has 0 aliphatic carbocycles. The molecule has 0 saturated carbocycles. The van der Waals surface area contributed by atoms with Gasteiger partial charge in [-0.05, 0) is 51.3 Å². The predicted molar refractivity (Wildman–Crippen MR) is 153 cm³/mol. The molecule has 4 rings (SSSR count). The first-order valence-electron chi connectivity index (χ1n) is 11.4. The Morgan fingerprint density at radius 3 is 2.61 bits per heavy atom. The molecule has 38 heavy (non-hydrogen) atoms. The number of hydrogen-bond donors (Lipinski definition) is 1. The van der Waals surface area contributed by atoms with Gasteiger partial charge in [-0.15, -0.1) is 23.5 Å². The van der Waals surface area contributed by atoms with Gasteiger partial charge in [-0.1, -0.05) is 24.3 Å². The minimum atomic E-state index is -0.452. The number of rotatable bonds is 11. The second kappa shape index (κ2) is 13.5. The number of amides is 1. The van der Waals surface area contributed by atoms with E-state index in [1.807, 2.05) is 47.8 Å². The zero-order chi connectivity index (χ0) is 26.9. The zero-order valence-electron chi connectivity index (χ0n) is 20.3. The third-order valence-corrected chi connectivity index (χ3v) is 9.13. The molecule has 0 unspecified atom stereocenters. The number of nitro groups is 1. The molecule has 1 aliphatic rings. The molecule has 0 spiro atoms. The van der Waals surface area contributed by atoms with E-state index in [-0.39, 0.29) is 18.9 Å². The highest BCUT2D eigenvalue weighted by Crippen LogP contribution is 2.45. The van der Waals surface area contributed by atoms with E-state index in [0.29, 0.717) is 37.4 Å². The Kier molecular flexibility index (Phi) is 9.91. The van der Waals surface area contributed by atoms with Gasteiger partial charge in [0.1, 0.15) is 12.4 Å². The van der Waals surface area contributed by atoms with Gasteiger partial charge in [0.05, 0.1) is 22.8 Å². The average Bonchev–Trinajstić information content (AvgIpc) is 3.47. The molecule has 0 atom stereocenters. The van der Waals surface area contributed by atoms with E-state index in [2.05, 4.69) is 26.5 Å². The summed E-state index contributed by atoms with van der Waals surface area (Å²) in [7, 11) is 1.50. The topological polar surface area (TPSA) is 112 Å². The molecule has 0 bridgehead atoms. The second-order valence-electron chi connectivity index (χ2n) is 7.96. The second-order valence-corrected chi connectivity index (χ2v) is 11.5. The van der Waals surface area contributed by atoms with Crippen LogP contribution in [0.1, 0.15) is 21.3 Å². The number of halogens is 1. The minimum Gasteiger partial charge on any atom is -0.493 e. The van der Waals surface area contributed by atoms with E-state index in [9.17, 15) is 14.9 Å². The molecule has 198 valence electrons. The van der Waals surface area contributed by atoms with Gasteiger partial charge < -0.3 is 14.2 Å². The van der Waals surface area contributed by atoms with E-state index in [0.717, 1.165) is 11.5 Å². The van der Waals surface area contributed by atoms with Crippen LogP contribution in [-0.4, -0.2) is 42.3 Å². The smallest absolute Gasteiger partial charge is 0.277 e. The van der Waals surface area contributed by atoms with Crippen LogP contribution in [0, 0.1) is 10.1 Å². The summed E-state index contributed by atoms with van der Waals surface area (Å²) < 4.78 is 17.9. The van der Waals surface area contributed by atoms with Crippen molar-refractivity contribution in [3.8, 4) is 17.2 Å². The van der Waals surface area contributed by atoms with Gasteiger partial charge in [0.15, 0.2) is 18.1 Å². The van der Waals surface area contributed by atoms with Crippen molar-refractivity contribution < 1.29 is 23.9 Å². The third kappa shape index (κ3) is 7.65. The van der Waals surface area contributed by atoms with E-state index in [1.165, 1.54) is 31.0 Å². The fraction of sp³-hybridized carbons (Fsp3) is 0.231. The zero-order valence-corrected chi connectivity index (χ0v) is 23.5. The lowest BCUT2D eigenvalue weighted by Gasteiger charge is -2.13. The molecule has 3 aromatic carbocycles. The van der Waals surface area contributed by atoms with Gasteiger partial charge in [0.2, 0.25) is 0 Å². The van der Waals surface area contributed by atoms with Gasteiger partial charge in [0, 0.05) is 33.7 Å². The van der Waals surface area contributed by atoms with Crippen LogP contribution in [0.3, 0.4) is 0 Å². The Morgan fingerprint density at radius 2 is 1.89 bits per heavy atom. The quantitative estimate of drug-likeness (QED) is 0.159. The molecule has 1 saturated heterocycles. The monoisotopic (exact) mass is 617 g/mol. The molecule has 3 aromatic rings. The number of thioether (sulfide) groups is 2. The maximum atomic E-state index is 12.2. The highest BCUT2D eigenvalue weighted by molar-refractivity contribution is 9.10. The summed E-state index contributed by atoms with van der Waals surface area (Å²) in [6, 6.07) is 17.4. The minimum absolute atomic E-state index is 0.00570. The summed E-state index contributed by atoms with van der Waals surface area (Å²) in [4.78, 5) is 22.7. The Balaban J connectivity index is 1.29. The molecule has 1 amide bonds. The number of hydrogen-bond acceptors (Lipinski definition) is 9. The van der Waals surface area contributed by atoms with Crippen LogP contribution in [0.2, 0.25) is 0 Å². The summed E-state index contributed by atoms with van der Waals surface area (Å²) in [5.74, 6) is 3.43. The van der Waals surface area contributed by atoms with Crippen molar-refractivity contribution in [1.29, 1.82) is 0 Å². The molecule has 1 aliphatic heterocycles. The Morgan fingerprint density at radius 1 is 1.13 bits per heavy atom. The molecule has 1 N–H and O–H groups in total. The van der Waals surface area contributed by atoms with Gasteiger partial charge in [-0.25, -0.2) is 5.43 Å². The number of non-ortho nitro benzene ring substituents is 1. The van der Waals surface area contributed by atoms with Crippen LogP contribution in [0.25, 0.3) is 0 Å². The summed E-state index contributed by atoms with van der Waals surface area (Å²) in [5.41, 5.74) is 4.98. The van der Waals surface area contributed by atoms with Crippen molar-refractivity contribution in [2.45, 2.75) is 11.2 Å². The van der Waals surface area contributed by atoms with Crippen LogP contribution in [-0.2, 0) is 11.4 Å². The third-order valence-electron chi connectivity index (χ3n) is 5.34. The number of nitro benzene ring substituents is 1. The summed E-state index contributed by atoms with van der Waals surface area (Å²) in [6.45, 7) is -0.0479. The maximum absolute atomic E-state index is 12.2. The first-order valence-corrected chi connectivity index (χ1v) is 14.3. The number of carbonyl (C=O) groups excluding carboxylic acids is 1. The first-order chi connectivity index (χ1) is 18.4. The molecule has 0 radical (unpaired) electrons. The molecular formula is C26H24BrN3O6S2. The number of carbonyl (C=O) groups is 1. The summed E-state index contributed by atoms with van der Waals surface area (Å²) >= 11 is 7.34. The fourth-order valence-corrected chi connectivity index (χ4v) is 6.75. The summed E-state index contributed by atoms with van der Waals surface area (Å²) in [6.07, 6.45) is 1.47. The molecule has 9 nitrogen and oxygen atoms in total. The Hall–Kier alpha value is -3.22. The molecule has 12 heteroatoms. The van der Waals surface area contributed by atoms with Crippen LogP contribution < -0.4 is 19.6 Å². The summed E-state index contributed by atoms with van der Waals surface area (Å²) in [5, 5.41) is 15.0. The van der Waals surface area contributed by atoms with E-state index in [4.69, 9.17) is 14.2 Å². The lowest BCUT2D eigenvalue weighted by molar-refractivity contribution is -0.384. The number of nitrogens with one attached hydrogen (secondary N) is 1. The number of nitrogens with zero attached hydrogens (tertiary/aromatic N) is 2. The van der Waals surface area contributed by atoms with E-state index in [1.54, 1.807) is 24.3 Å². The standard InChI is InChI=1S/C26H24BrN3O6S2/c1-34-23-12-19(22(27)13-24(23)36-15-17-3-2-4-20(11-17)30(32)33)14-28-29-25(31)16-35-21-7-5-18(6-8-21)26-37-9-10-38-26/h2-8,11-14,26H,9-10,15-16H2,1H3,(H,29,31)/b28-14-. The SMILES string of the molecule is COc1cc(/C=N\NC(=O)COc2ccc(C3SCCS3)cc2)c(Br)cc1OCc1cccc([N+](=O)[O-])c1. The van der Waals surface area contributed by atoms with Gasteiger partial charge >= 0.3 is 0 Å². The molecule has 0 aromatic heterocycles. The van der Waals surface area contributed by atoms with E-state index >= 15 is 0 Å². The van der Waals surface area contributed by atoms with E-state index < -0.39 is 10.8 Å². The van der Waals surface area contributed by atoms with Gasteiger partial charge in [-0.3, -0.25) is 14.9 Å². The van der Waals surface area contributed by atoms with Crippen LogP contribution >= 0.6 is 39.5 Å². The van der Waals surface area contributed by atoms with Crippen molar-refractivity contribution in [2.24, 2.45) is 5.10 Å². The largest absolute Gasteiger partial charge is 0.493 e. The van der Waals surface area contributed by atoms with Crippen LogP contribution in [0.5, 0.6) is 17.2 Å². The van der Waals surface area contributed by atoms with Gasteiger partial charge in [-0.2, -0.15) is 5.10 Å². The Labute approximate surface area is 236 Å². The molecular weight excluding hydrogens is 594 g/mol. The van der Waals surface area contributed by atoms with Crippen molar-refractivity contribution in [3.05, 3.63) is 91.9 Å². The Bertz CT molecular complexity index is 1320. The number of ether oxygens (including phenoxy) is 3. The average molecular weight is 619 g/mol. The van der Waals surface area contributed by atoms with Gasteiger partial charge in [0.25, 0.3) is 11.6 Å². The molecule has 1 heterocycles. The highest BCUT2D eigenvalue weighted by Gasteiger charge is 2.18. The fourth-order valence-electron chi connectivity index (χ4n) is 3.47. The predicted octanol–water partition coefficient (Wildman–Crippen LogP) is 5.95. The molecule has 1 fully saturated rings. The number of methoxy groups -OCH3 is 1. The number of benzene rings is 3. The van der Waals surface area contributed by atoms with Crippen LogP contribution in [0.15, 0.2) is 70.2 Å². The maximum Gasteiger partial charge on any atom is 0.277 e. The van der Waals surface area contributed by atoms with Crippen molar-refractivity contribution in [2.75, 3.05) is 25.2 Å². The normalized spacial score (nSPS) is 13.4. The van der Waals surface area contributed by atoms with Crippen LogP contribution in [0.4, 0.5) is 5.69 Å².